The number of sulfonamides is 1. The molecule has 2 aromatic carbocycles. The highest BCUT2D eigenvalue weighted by atomic mass is 32.2. The number of benzene rings is 2. The van der Waals surface area contributed by atoms with E-state index in [9.17, 15) is 13.2 Å². The molecule has 0 aliphatic rings. The Hall–Kier alpha value is -2.87. The number of aryl methyl sites for hydroxylation is 1. The Morgan fingerprint density at radius 1 is 1.19 bits per heavy atom. The molecule has 7 nitrogen and oxygen atoms in total. The average molecular weight is 372 g/mol. The van der Waals surface area contributed by atoms with Crippen molar-refractivity contribution in [1.82, 2.24) is 15.5 Å². The van der Waals surface area contributed by atoms with Crippen molar-refractivity contribution < 1.29 is 13.2 Å². The smallest absolute Gasteiger partial charge is 0.272 e. The number of fused-ring (bicyclic) bond motifs is 1. The van der Waals surface area contributed by atoms with Gasteiger partial charge < -0.3 is 5.32 Å². The number of anilines is 1. The highest BCUT2D eigenvalue weighted by molar-refractivity contribution is 7.92. The molecule has 1 heterocycles. The Morgan fingerprint density at radius 3 is 2.69 bits per heavy atom. The minimum absolute atomic E-state index is 0.296. The summed E-state index contributed by atoms with van der Waals surface area (Å²) in [4.78, 5) is 12.6. The molecule has 0 saturated heterocycles. The maximum Gasteiger partial charge on any atom is 0.272 e. The zero-order valence-electron chi connectivity index (χ0n) is 14.7. The van der Waals surface area contributed by atoms with Crippen molar-refractivity contribution in [2.45, 2.75) is 19.9 Å². The molecule has 3 aromatic rings. The minimum Gasteiger partial charge on any atom is -0.344 e. The maximum atomic E-state index is 12.6. The summed E-state index contributed by atoms with van der Waals surface area (Å²) in [7, 11) is -3.36. The summed E-state index contributed by atoms with van der Waals surface area (Å²) in [6.45, 7) is 3.79. The van der Waals surface area contributed by atoms with Crippen molar-refractivity contribution in [1.29, 1.82) is 0 Å². The van der Waals surface area contributed by atoms with Gasteiger partial charge in [-0.25, -0.2) is 8.42 Å². The van der Waals surface area contributed by atoms with E-state index in [2.05, 4.69) is 20.2 Å². The topological polar surface area (TPSA) is 104 Å². The van der Waals surface area contributed by atoms with E-state index in [4.69, 9.17) is 0 Å². The molecule has 3 N–H and O–H groups in total. The van der Waals surface area contributed by atoms with Crippen LogP contribution in [-0.4, -0.2) is 30.8 Å². The number of aromatic nitrogens is 2. The second-order valence-electron chi connectivity index (χ2n) is 6.32. The van der Waals surface area contributed by atoms with Crippen LogP contribution in [0.3, 0.4) is 0 Å². The largest absolute Gasteiger partial charge is 0.344 e. The molecule has 0 aliphatic carbocycles. The molecule has 3 rings (SSSR count). The summed E-state index contributed by atoms with van der Waals surface area (Å²) in [5.74, 6) is -0.296. The van der Waals surface area contributed by atoms with Gasteiger partial charge in [0.05, 0.1) is 17.8 Å². The Bertz CT molecular complexity index is 1070. The number of rotatable bonds is 5. The van der Waals surface area contributed by atoms with Gasteiger partial charge in [-0.2, -0.15) is 5.10 Å². The maximum absolute atomic E-state index is 12.6. The van der Waals surface area contributed by atoms with Crippen LogP contribution in [0.4, 0.5) is 5.69 Å². The van der Waals surface area contributed by atoms with Gasteiger partial charge in [0, 0.05) is 11.1 Å². The number of nitrogens with zero attached hydrogens (tertiary/aromatic N) is 1. The standard InChI is InChI=1S/C18H20N4O3S/c1-11-7-8-16-15(9-11)17(21-20-16)18(23)19-12(2)13-5-4-6-14(10-13)22-26(3,24)25/h4-10,12,22H,1-3H3,(H,19,23)(H,20,21). The monoisotopic (exact) mass is 372 g/mol. The van der Waals surface area contributed by atoms with Crippen LogP contribution in [0.15, 0.2) is 42.5 Å². The minimum atomic E-state index is -3.36. The molecule has 0 bridgehead atoms. The van der Waals surface area contributed by atoms with Crippen molar-refractivity contribution in [3.8, 4) is 0 Å². The van der Waals surface area contributed by atoms with Gasteiger partial charge in [-0.15, -0.1) is 0 Å². The fourth-order valence-corrected chi connectivity index (χ4v) is 3.29. The van der Waals surface area contributed by atoms with Gasteiger partial charge in [0.15, 0.2) is 5.69 Å². The van der Waals surface area contributed by atoms with Crippen LogP contribution >= 0.6 is 0 Å². The Kier molecular flexibility index (Phi) is 4.69. The highest BCUT2D eigenvalue weighted by Gasteiger charge is 2.17. The van der Waals surface area contributed by atoms with Crippen molar-refractivity contribution >= 4 is 32.5 Å². The molecule has 0 aliphatic heterocycles. The molecule has 1 amide bonds. The van der Waals surface area contributed by atoms with Crippen LogP contribution in [0, 0.1) is 6.92 Å². The number of nitrogens with one attached hydrogen (secondary N) is 3. The van der Waals surface area contributed by atoms with Crippen LogP contribution < -0.4 is 10.0 Å². The van der Waals surface area contributed by atoms with E-state index in [0.717, 1.165) is 28.3 Å². The van der Waals surface area contributed by atoms with Gasteiger partial charge in [0.2, 0.25) is 10.0 Å². The number of carbonyl (C=O) groups is 1. The van der Waals surface area contributed by atoms with Crippen LogP contribution in [0.5, 0.6) is 0 Å². The third kappa shape index (κ3) is 4.02. The number of H-pyrrole nitrogens is 1. The lowest BCUT2D eigenvalue weighted by Gasteiger charge is -2.15. The summed E-state index contributed by atoms with van der Waals surface area (Å²) < 4.78 is 25.2. The molecule has 1 atom stereocenters. The van der Waals surface area contributed by atoms with Crippen LogP contribution in [0.1, 0.15) is 34.6 Å². The molecule has 0 spiro atoms. The fourth-order valence-electron chi connectivity index (χ4n) is 2.73. The lowest BCUT2D eigenvalue weighted by Crippen LogP contribution is -2.27. The Balaban J connectivity index is 1.81. The average Bonchev–Trinajstić information content (AvgIpc) is 2.96. The highest BCUT2D eigenvalue weighted by Crippen LogP contribution is 2.21. The molecule has 136 valence electrons. The number of aromatic amines is 1. The zero-order chi connectivity index (χ0) is 18.9. The van der Waals surface area contributed by atoms with E-state index in [-0.39, 0.29) is 11.9 Å². The van der Waals surface area contributed by atoms with E-state index in [1.54, 1.807) is 18.2 Å². The van der Waals surface area contributed by atoms with Crippen molar-refractivity contribution in [2.75, 3.05) is 11.0 Å². The quantitative estimate of drug-likeness (QED) is 0.640. The van der Waals surface area contributed by atoms with Crippen LogP contribution in [0.25, 0.3) is 10.9 Å². The van der Waals surface area contributed by atoms with E-state index in [1.165, 1.54) is 0 Å². The molecular formula is C18H20N4O3S. The molecule has 0 fully saturated rings. The molecule has 26 heavy (non-hydrogen) atoms. The second kappa shape index (κ2) is 6.80. The van der Waals surface area contributed by atoms with Gasteiger partial charge in [0.1, 0.15) is 0 Å². The molecule has 0 radical (unpaired) electrons. The first kappa shape index (κ1) is 17.9. The summed E-state index contributed by atoms with van der Waals surface area (Å²) in [5, 5.41) is 10.6. The van der Waals surface area contributed by atoms with E-state index in [0.29, 0.717) is 11.4 Å². The molecule has 1 aromatic heterocycles. The summed E-state index contributed by atoms with van der Waals surface area (Å²) in [5.41, 5.74) is 3.41. The van der Waals surface area contributed by atoms with Crippen molar-refractivity contribution in [3.63, 3.8) is 0 Å². The summed E-state index contributed by atoms with van der Waals surface area (Å²) in [6, 6.07) is 12.3. The Morgan fingerprint density at radius 2 is 1.96 bits per heavy atom. The van der Waals surface area contributed by atoms with Gasteiger partial charge in [-0.05, 0) is 43.7 Å². The fraction of sp³-hybridized carbons (Fsp3) is 0.222. The van der Waals surface area contributed by atoms with Gasteiger partial charge in [0.25, 0.3) is 5.91 Å². The molecule has 0 saturated carbocycles. The normalized spacial score (nSPS) is 12.7. The lowest BCUT2D eigenvalue weighted by molar-refractivity contribution is 0.0936. The predicted molar refractivity (Wildman–Crippen MR) is 102 cm³/mol. The summed E-state index contributed by atoms with van der Waals surface area (Å²) in [6.07, 6.45) is 1.09. The molecule has 1 unspecified atom stereocenters. The van der Waals surface area contributed by atoms with Crippen molar-refractivity contribution in [3.05, 3.63) is 59.3 Å². The van der Waals surface area contributed by atoms with Crippen LogP contribution in [-0.2, 0) is 10.0 Å². The first-order valence-electron chi connectivity index (χ1n) is 8.06. The van der Waals surface area contributed by atoms with Crippen molar-refractivity contribution in [2.24, 2.45) is 0 Å². The van der Waals surface area contributed by atoms with Gasteiger partial charge >= 0.3 is 0 Å². The Labute approximate surface area is 151 Å². The SMILES string of the molecule is Cc1ccc2[nH]nc(C(=O)NC(C)c3cccc(NS(C)(=O)=O)c3)c2c1. The van der Waals surface area contributed by atoms with E-state index < -0.39 is 10.0 Å². The van der Waals surface area contributed by atoms with Gasteiger partial charge in [-0.1, -0.05) is 23.8 Å². The van der Waals surface area contributed by atoms with E-state index in [1.807, 2.05) is 38.1 Å². The predicted octanol–water partition coefficient (Wildman–Crippen LogP) is 2.73. The third-order valence-corrected chi connectivity index (χ3v) is 4.58. The number of hydrogen-bond donors (Lipinski definition) is 3. The van der Waals surface area contributed by atoms with Crippen LogP contribution in [0.2, 0.25) is 0 Å². The first-order chi connectivity index (χ1) is 12.2. The lowest BCUT2D eigenvalue weighted by atomic mass is 10.1. The first-order valence-corrected chi connectivity index (χ1v) is 9.95. The number of amides is 1. The number of carbonyl (C=O) groups excluding carboxylic acids is 1. The van der Waals surface area contributed by atoms with Gasteiger partial charge in [-0.3, -0.25) is 14.6 Å². The third-order valence-electron chi connectivity index (χ3n) is 3.97. The second-order valence-corrected chi connectivity index (χ2v) is 8.06. The number of hydrogen-bond acceptors (Lipinski definition) is 4. The zero-order valence-corrected chi connectivity index (χ0v) is 15.5. The molecule has 8 heteroatoms. The summed E-state index contributed by atoms with van der Waals surface area (Å²) >= 11 is 0. The molecular weight excluding hydrogens is 352 g/mol. The van der Waals surface area contributed by atoms with E-state index >= 15 is 0 Å².